The van der Waals surface area contributed by atoms with E-state index in [-0.39, 0.29) is 17.4 Å². The number of nitrogens with two attached hydrogens (primary N) is 1. The van der Waals surface area contributed by atoms with E-state index in [1.165, 1.54) is 16.4 Å². The van der Waals surface area contributed by atoms with Gasteiger partial charge in [-0.25, -0.2) is 8.42 Å². The van der Waals surface area contributed by atoms with Gasteiger partial charge in [0.05, 0.1) is 4.90 Å². The Balaban J connectivity index is 1.73. The van der Waals surface area contributed by atoms with Gasteiger partial charge in [-0.1, -0.05) is 19.9 Å². The summed E-state index contributed by atoms with van der Waals surface area (Å²) in [5, 5.41) is 0. The van der Waals surface area contributed by atoms with Crippen molar-refractivity contribution in [1.82, 2.24) is 4.31 Å². The van der Waals surface area contributed by atoms with E-state index in [0.29, 0.717) is 43.1 Å². The van der Waals surface area contributed by atoms with Crippen LogP contribution in [0.15, 0.2) is 47.4 Å². The average Bonchev–Trinajstić information content (AvgIpc) is 3.16. The Labute approximate surface area is 176 Å². The zero-order valence-corrected chi connectivity index (χ0v) is 17.8. The molecular weight excluding hydrogens is 406 g/mol. The minimum absolute atomic E-state index is 0.207. The first-order chi connectivity index (χ1) is 14.3. The van der Waals surface area contributed by atoms with Crippen LogP contribution in [0.3, 0.4) is 0 Å². The number of carbonyl (C=O) groups is 2. The molecule has 0 bridgehead atoms. The van der Waals surface area contributed by atoms with E-state index >= 15 is 0 Å². The molecule has 1 heterocycles. The predicted octanol–water partition coefficient (Wildman–Crippen LogP) is 1.78. The van der Waals surface area contributed by atoms with Crippen LogP contribution in [-0.4, -0.2) is 50.8 Å². The molecule has 0 aliphatic carbocycles. The van der Waals surface area contributed by atoms with Gasteiger partial charge in [-0.2, -0.15) is 4.31 Å². The topological polar surface area (TPSA) is 110 Å². The van der Waals surface area contributed by atoms with Gasteiger partial charge in [0.15, 0.2) is 6.61 Å². The molecule has 0 saturated heterocycles. The Hall–Kier alpha value is -2.91. The summed E-state index contributed by atoms with van der Waals surface area (Å²) in [4.78, 5) is 25.7. The first kappa shape index (κ1) is 21.8. The van der Waals surface area contributed by atoms with Gasteiger partial charge in [-0.05, 0) is 48.4 Å². The molecule has 0 radical (unpaired) electrons. The van der Waals surface area contributed by atoms with E-state index in [0.717, 1.165) is 5.56 Å². The highest BCUT2D eigenvalue weighted by atomic mass is 32.2. The van der Waals surface area contributed by atoms with Gasteiger partial charge in [0.2, 0.25) is 15.9 Å². The Morgan fingerprint density at radius 3 is 2.53 bits per heavy atom. The fourth-order valence-electron chi connectivity index (χ4n) is 3.47. The summed E-state index contributed by atoms with van der Waals surface area (Å²) in [6.45, 7) is 4.64. The third-order valence-electron chi connectivity index (χ3n) is 5.07. The summed E-state index contributed by atoms with van der Waals surface area (Å²) in [5.74, 6) is -0.451. The zero-order chi connectivity index (χ0) is 21.9. The highest BCUT2D eigenvalue weighted by molar-refractivity contribution is 7.89. The molecular formula is C21H25N3O5S. The normalized spacial score (nSPS) is 13.4. The van der Waals surface area contributed by atoms with E-state index in [1.807, 2.05) is 0 Å². The lowest BCUT2D eigenvalue weighted by molar-refractivity contribution is -0.120. The number of rotatable bonds is 8. The molecule has 1 aliphatic rings. The number of carbonyl (C=O) groups excluding carboxylic acids is 2. The first-order valence-corrected chi connectivity index (χ1v) is 11.2. The van der Waals surface area contributed by atoms with Crippen molar-refractivity contribution in [3.05, 3.63) is 53.6 Å². The number of hydrogen-bond donors (Lipinski definition) is 1. The molecule has 0 aromatic heterocycles. The quantitative estimate of drug-likeness (QED) is 0.685. The van der Waals surface area contributed by atoms with E-state index in [9.17, 15) is 18.0 Å². The predicted molar refractivity (Wildman–Crippen MR) is 113 cm³/mol. The molecule has 9 heteroatoms. The summed E-state index contributed by atoms with van der Waals surface area (Å²) in [7, 11) is -3.55. The number of benzene rings is 2. The largest absolute Gasteiger partial charge is 0.484 e. The van der Waals surface area contributed by atoms with Crippen molar-refractivity contribution in [2.45, 2.75) is 25.2 Å². The Morgan fingerprint density at radius 2 is 1.87 bits per heavy atom. The molecule has 3 rings (SSSR count). The van der Waals surface area contributed by atoms with Crippen molar-refractivity contribution in [3.8, 4) is 5.75 Å². The van der Waals surface area contributed by atoms with Crippen molar-refractivity contribution in [3.63, 3.8) is 0 Å². The summed E-state index contributed by atoms with van der Waals surface area (Å²) in [6, 6.07) is 11.2. The van der Waals surface area contributed by atoms with Crippen molar-refractivity contribution in [1.29, 1.82) is 0 Å². The molecule has 0 saturated carbocycles. The van der Waals surface area contributed by atoms with Crippen LogP contribution in [0.2, 0.25) is 0 Å². The molecule has 1 aliphatic heterocycles. The fourth-order valence-corrected chi connectivity index (χ4v) is 4.98. The van der Waals surface area contributed by atoms with Crippen LogP contribution in [-0.2, 0) is 21.2 Å². The third-order valence-corrected chi connectivity index (χ3v) is 7.12. The highest BCUT2D eigenvalue weighted by Gasteiger charge is 2.28. The lowest BCUT2D eigenvalue weighted by Gasteiger charge is -2.20. The first-order valence-electron chi connectivity index (χ1n) is 9.74. The van der Waals surface area contributed by atoms with Gasteiger partial charge in [0, 0.05) is 30.9 Å². The number of anilines is 1. The monoisotopic (exact) mass is 431 g/mol. The van der Waals surface area contributed by atoms with Gasteiger partial charge in [-0.15, -0.1) is 0 Å². The van der Waals surface area contributed by atoms with E-state index in [1.54, 1.807) is 49.1 Å². The second-order valence-corrected chi connectivity index (χ2v) is 8.79. The number of hydrogen-bond acceptors (Lipinski definition) is 5. The van der Waals surface area contributed by atoms with Crippen molar-refractivity contribution < 1.29 is 22.7 Å². The number of sulfonamides is 1. The molecule has 2 aromatic carbocycles. The smallest absolute Gasteiger partial charge is 0.264 e. The molecule has 30 heavy (non-hydrogen) atoms. The maximum absolute atomic E-state index is 12.7. The molecule has 2 aromatic rings. The highest BCUT2D eigenvalue weighted by Crippen LogP contribution is 2.31. The Bertz CT molecular complexity index is 1060. The van der Waals surface area contributed by atoms with Gasteiger partial charge in [0.25, 0.3) is 5.91 Å². The van der Waals surface area contributed by atoms with Crippen LogP contribution in [0, 0.1) is 0 Å². The van der Waals surface area contributed by atoms with Gasteiger partial charge >= 0.3 is 0 Å². The number of nitrogens with zero attached hydrogens (tertiary/aromatic N) is 2. The Kier molecular flexibility index (Phi) is 6.42. The zero-order valence-electron chi connectivity index (χ0n) is 17.0. The van der Waals surface area contributed by atoms with Gasteiger partial charge in [-0.3, -0.25) is 9.59 Å². The lowest BCUT2D eigenvalue weighted by Crippen LogP contribution is -2.33. The standard InChI is InChI=1S/C21H25N3O5S/c1-3-23(4-2)30(27,28)18-8-9-19-15(13-18)10-11-24(19)20(25)14-29-17-7-5-6-16(12-17)21(22)26/h5-9,12-13H,3-4,10-11,14H2,1-2H3,(H2,22,26). The number of primary amides is 1. The number of ether oxygens (including phenoxy) is 1. The molecule has 0 fully saturated rings. The van der Waals surface area contributed by atoms with Crippen LogP contribution in [0.5, 0.6) is 5.75 Å². The second kappa shape index (κ2) is 8.85. The van der Waals surface area contributed by atoms with Crippen LogP contribution in [0.25, 0.3) is 0 Å². The Morgan fingerprint density at radius 1 is 1.13 bits per heavy atom. The van der Waals surface area contributed by atoms with Crippen molar-refractivity contribution >= 4 is 27.5 Å². The molecule has 0 spiro atoms. The average molecular weight is 432 g/mol. The van der Waals surface area contributed by atoms with Crippen LogP contribution in [0.4, 0.5) is 5.69 Å². The van der Waals surface area contributed by atoms with Gasteiger partial charge < -0.3 is 15.4 Å². The molecule has 2 N–H and O–H groups in total. The number of amides is 2. The van der Waals surface area contributed by atoms with E-state index < -0.39 is 15.9 Å². The molecule has 160 valence electrons. The molecule has 2 amide bonds. The molecule has 0 unspecified atom stereocenters. The lowest BCUT2D eigenvalue weighted by atomic mass is 10.2. The summed E-state index contributed by atoms with van der Waals surface area (Å²) in [5.41, 5.74) is 7.05. The summed E-state index contributed by atoms with van der Waals surface area (Å²) < 4.78 is 32.4. The molecule has 8 nitrogen and oxygen atoms in total. The van der Waals surface area contributed by atoms with E-state index in [4.69, 9.17) is 10.5 Å². The second-order valence-electron chi connectivity index (χ2n) is 6.86. The third kappa shape index (κ3) is 4.31. The maximum Gasteiger partial charge on any atom is 0.264 e. The minimum atomic E-state index is -3.55. The molecule has 0 atom stereocenters. The summed E-state index contributed by atoms with van der Waals surface area (Å²) >= 11 is 0. The van der Waals surface area contributed by atoms with Gasteiger partial charge in [0.1, 0.15) is 5.75 Å². The fraction of sp³-hybridized carbons (Fsp3) is 0.333. The van der Waals surface area contributed by atoms with E-state index in [2.05, 4.69) is 0 Å². The van der Waals surface area contributed by atoms with Crippen molar-refractivity contribution in [2.75, 3.05) is 31.1 Å². The van der Waals surface area contributed by atoms with Crippen molar-refractivity contribution in [2.24, 2.45) is 5.73 Å². The number of fused-ring (bicyclic) bond motifs is 1. The minimum Gasteiger partial charge on any atom is -0.484 e. The van der Waals surface area contributed by atoms with Crippen LogP contribution < -0.4 is 15.4 Å². The van der Waals surface area contributed by atoms with Crippen LogP contribution in [0.1, 0.15) is 29.8 Å². The summed E-state index contributed by atoms with van der Waals surface area (Å²) in [6.07, 6.45) is 0.569. The van der Waals surface area contributed by atoms with Crippen LogP contribution >= 0.6 is 0 Å². The maximum atomic E-state index is 12.7. The SMILES string of the molecule is CCN(CC)S(=O)(=O)c1ccc2c(c1)CCN2C(=O)COc1cccc(C(N)=O)c1.